The van der Waals surface area contributed by atoms with Crippen LogP contribution in [0.15, 0.2) is 0 Å². The van der Waals surface area contributed by atoms with Crippen LogP contribution in [0.2, 0.25) is 0 Å². The van der Waals surface area contributed by atoms with Crippen LogP contribution in [0.25, 0.3) is 0 Å². The zero-order valence-corrected chi connectivity index (χ0v) is 21.0. The summed E-state index contributed by atoms with van der Waals surface area (Å²) in [5.74, 6) is -4.71. The fourth-order valence-corrected chi connectivity index (χ4v) is 8.25. The molecular formula is C27H40O10. The second-order valence-corrected chi connectivity index (χ2v) is 12.0. The molecular weight excluding hydrogens is 484 g/mol. The Morgan fingerprint density at radius 1 is 1.08 bits per heavy atom. The van der Waals surface area contributed by atoms with Crippen LogP contribution in [0.4, 0.5) is 0 Å². The number of aliphatic hydroxyl groups is 4. The Morgan fingerprint density at radius 2 is 1.81 bits per heavy atom. The zero-order valence-electron chi connectivity index (χ0n) is 26.0. The van der Waals surface area contributed by atoms with Crippen molar-refractivity contribution in [2.45, 2.75) is 102 Å². The third-order valence-corrected chi connectivity index (χ3v) is 10.1. The van der Waals surface area contributed by atoms with E-state index in [4.69, 9.17) is 16.3 Å². The van der Waals surface area contributed by atoms with Gasteiger partial charge in [0.2, 0.25) is 0 Å². The van der Waals surface area contributed by atoms with Crippen molar-refractivity contribution < 1.29 is 56.2 Å². The molecule has 0 aromatic rings. The summed E-state index contributed by atoms with van der Waals surface area (Å²) in [6.07, 6.45) is -15.9. The molecule has 0 radical (unpaired) electrons. The number of ketones is 2. The van der Waals surface area contributed by atoms with Crippen molar-refractivity contribution in [3.05, 3.63) is 0 Å². The standard InChI is InChI=1S/C27H40O10/c1-26-8-7-13(28)9-12(26)3-4-14-15-5-6-16(27(15,2)10-17(29)19(14)26)18(30)11-36-25-22(33)20(31)21(32)23(37-25)24(34)35/h12-16,19-23,25,28,31-33H,3-11H2,1-2H3,(H,34,35)/t12-,13+,14-,15-,16+,19+,20-,21-,22+,23-,25+,26-,27-/m0/s1/i7D2,9D2,13D. The van der Waals surface area contributed by atoms with Gasteiger partial charge in [0.25, 0.3) is 0 Å². The molecule has 1 aliphatic heterocycles. The van der Waals surface area contributed by atoms with E-state index in [9.17, 15) is 39.9 Å². The van der Waals surface area contributed by atoms with Crippen LogP contribution in [0.3, 0.4) is 0 Å². The summed E-state index contributed by atoms with van der Waals surface area (Å²) in [6, 6.07) is 0. The minimum Gasteiger partial charge on any atom is -0.479 e. The highest BCUT2D eigenvalue weighted by Gasteiger charge is 2.64. The molecule has 4 aliphatic carbocycles. The first-order chi connectivity index (χ1) is 19.2. The van der Waals surface area contributed by atoms with Gasteiger partial charge in [0.15, 0.2) is 18.2 Å². The molecule has 0 amide bonds. The number of rotatable bonds is 5. The molecule has 0 aromatic heterocycles. The summed E-state index contributed by atoms with van der Waals surface area (Å²) in [6.45, 7) is 2.98. The van der Waals surface area contributed by atoms with Gasteiger partial charge in [-0.05, 0) is 73.4 Å². The maximum absolute atomic E-state index is 13.9. The molecule has 0 unspecified atom stereocenters. The Balaban J connectivity index is 1.34. The van der Waals surface area contributed by atoms with Crippen LogP contribution in [0.1, 0.15) is 72.0 Å². The lowest BCUT2D eigenvalue weighted by Gasteiger charge is -2.59. The van der Waals surface area contributed by atoms with Crippen LogP contribution in [-0.2, 0) is 23.9 Å². The molecule has 1 saturated heterocycles. The lowest BCUT2D eigenvalue weighted by Crippen LogP contribution is -2.60. The van der Waals surface area contributed by atoms with E-state index in [1.807, 2.05) is 6.92 Å². The maximum Gasteiger partial charge on any atom is 0.335 e. The Kier molecular flexibility index (Phi) is 5.58. The first kappa shape index (κ1) is 21.4. The van der Waals surface area contributed by atoms with Gasteiger partial charge in [-0.25, -0.2) is 4.79 Å². The highest BCUT2D eigenvalue weighted by atomic mass is 16.7. The Morgan fingerprint density at radius 3 is 2.51 bits per heavy atom. The summed E-state index contributed by atoms with van der Waals surface area (Å²) in [4.78, 5) is 38.8. The molecule has 5 fully saturated rings. The molecule has 10 nitrogen and oxygen atoms in total. The van der Waals surface area contributed by atoms with Gasteiger partial charge >= 0.3 is 5.97 Å². The highest BCUT2D eigenvalue weighted by molar-refractivity contribution is 5.88. The van der Waals surface area contributed by atoms with E-state index in [1.165, 1.54) is 0 Å². The number of carboxylic acids is 1. The Hall–Kier alpha value is -1.43. The predicted molar refractivity (Wildman–Crippen MR) is 127 cm³/mol. The second kappa shape index (κ2) is 9.64. The molecule has 5 aliphatic rings. The molecule has 37 heavy (non-hydrogen) atoms. The van der Waals surface area contributed by atoms with Crippen molar-refractivity contribution >= 4 is 17.5 Å². The van der Waals surface area contributed by atoms with Gasteiger partial charge in [0.1, 0.15) is 30.7 Å². The molecule has 5 N–H and O–H groups in total. The van der Waals surface area contributed by atoms with Gasteiger partial charge in [-0.1, -0.05) is 13.8 Å². The molecule has 0 bridgehead atoms. The summed E-state index contributed by atoms with van der Waals surface area (Å²) in [7, 11) is 0. The molecule has 10 heteroatoms. The van der Waals surface area contributed by atoms with Crippen LogP contribution >= 0.6 is 0 Å². The van der Waals surface area contributed by atoms with Gasteiger partial charge in [0, 0.05) is 23.7 Å². The third-order valence-electron chi connectivity index (χ3n) is 10.1. The normalized spacial score (nSPS) is 58.3. The topological polar surface area (TPSA) is 171 Å². The van der Waals surface area contributed by atoms with Crippen molar-refractivity contribution in [3.8, 4) is 0 Å². The summed E-state index contributed by atoms with van der Waals surface area (Å²) in [5, 5.41) is 50.0. The minimum absolute atomic E-state index is 0.00322. The largest absolute Gasteiger partial charge is 0.479 e. The lowest BCUT2D eigenvalue weighted by atomic mass is 9.44. The first-order valence-electron chi connectivity index (χ1n) is 15.5. The highest BCUT2D eigenvalue weighted by Crippen LogP contribution is 2.66. The molecule has 4 saturated carbocycles. The van der Waals surface area contributed by atoms with Gasteiger partial charge in [-0.15, -0.1) is 0 Å². The van der Waals surface area contributed by atoms with Crippen molar-refractivity contribution in [1.82, 2.24) is 0 Å². The van der Waals surface area contributed by atoms with Gasteiger partial charge in [-0.2, -0.15) is 0 Å². The number of aliphatic carboxylic acids is 1. The van der Waals surface area contributed by atoms with E-state index >= 15 is 0 Å². The number of ether oxygens (including phenoxy) is 2. The summed E-state index contributed by atoms with van der Waals surface area (Å²) >= 11 is 0. The maximum atomic E-state index is 13.9. The fourth-order valence-electron chi connectivity index (χ4n) is 8.25. The lowest BCUT2D eigenvalue weighted by molar-refractivity contribution is -0.292. The van der Waals surface area contributed by atoms with Crippen molar-refractivity contribution in [2.75, 3.05) is 6.61 Å². The van der Waals surface area contributed by atoms with E-state index in [0.29, 0.717) is 19.3 Å². The van der Waals surface area contributed by atoms with E-state index in [2.05, 4.69) is 0 Å². The number of aliphatic hydroxyl groups excluding tert-OH is 3. The van der Waals surface area contributed by atoms with Crippen LogP contribution in [-0.4, -0.2) is 86.5 Å². The van der Waals surface area contributed by atoms with Crippen molar-refractivity contribution in [3.63, 3.8) is 0 Å². The van der Waals surface area contributed by atoms with Crippen LogP contribution in [0, 0.1) is 40.4 Å². The minimum atomic E-state index is -2.97. The summed E-state index contributed by atoms with van der Waals surface area (Å²) < 4.78 is 52.8. The Bertz CT molecular complexity index is 1150. The number of carbonyl (C=O) groups excluding carboxylic acids is 2. The van der Waals surface area contributed by atoms with E-state index in [1.54, 1.807) is 6.92 Å². The molecule has 5 rings (SSSR count). The molecule has 208 valence electrons. The second-order valence-electron chi connectivity index (χ2n) is 12.0. The van der Waals surface area contributed by atoms with Gasteiger partial charge in [0.05, 0.1) is 7.45 Å². The fraction of sp³-hybridized carbons (Fsp3) is 0.889. The third kappa shape index (κ3) is 4.28. The Labute approximate surface area is 223 Å². The van der Waals surface area contributed by atoms with Gasteiger partial charge in [-0.3, -0.25) is 9.59 Å². The smallest absolute Gasteiger partial charge is 0.335 e. The zero-order chi connectivity index (χ0) is 31.4. The number of Topliss-reactive ketones (excluding diaryl/α,β-unsaturated/α-hetero) is 2. The molecule has 0 aromatic carbocycles. The van der Waals surface area contributed by atoms with Gasteiger partial charge < -0.3 is 35.0 Å². The van der Waals surface area contributed by atoms with E-state index in [0.717, 1.165) is 0 Å². The number of carbonyl (C=O) groups is 3. The SMILES string of the molecule is [2H]C1([2H])C[C@]2(C)[C@H]3C(=O)C[C@]4(C)[C@@H](C(=O)CO[C@@H]5O[C@H](C(=O)O)[C@@H](O)[C@H](O)[C@H]5O)CC[C@H]4[C@@H]3CC[C@H]2C([2H])([2H])[C@]1([2H])O. The predicted octanol–water partition coefficient (Wildman–Crippen LogP) is 0.663. The molecule has 13 atom stereocenters. The van der Waals surface area contributed by atoms with Crippen LogP contribution in [0.5, 0.6) is 0 Å². The van der Waals surface area contributed by atoms with Crippen molar-refractivity contribution in [1.29, 1.82) is 0 Å². The van der Waals surface area contributed by atoms with Crippen molar-refractivity contribution in [2.24, 2.45) is 40.4 Å². The molecule has 0 spiro atoms. The number of hydrogen-bond donors (Lipinski definition) is 5. The van der Waals surface area contributed by atoms with Crippen LogP contribution < -0.4 is 0 Å². The first-order valence-corrected chi connectivity index (χ1v) is 13.0. The number of fused-ring (bicyclic) bond motifs is 5. The monoisotopic (exact) mass is 529 g/mol. The number of hydrogen-bond acceptors (Lipinski definition) is 9. The quantitative estimate of drug-likeness (QED) is 0.341. The van der Waals surface area contributed by atoms with E-state index < -0.39 is 90.7 Å². The summed E-state index contributed by atoms with van der Waals surface area (Å²) in [5.41, 5.74) is -1.90. The average Bonchev–Trinajstić information content (AvgIpc) is 3.21. The average molecular weight is 530 g/mol. The molecule has 1 heterocycles. The van der Waals surface area contributed by atoms with E-state index in [-0.39, 0.29) is 42.7 Å². The number of carboxylic acid groups (broad SMARTS) is 1.